The summed E-state index contributed by atoms with van der Waals surface area (Å²) in [5.74, 6) is -0.878. The number of benzene rings is 2. The van der Waals surface area contributed by atoms with Crippen LogP contribution in [0.25, 0.3) is 0 Å². The molecular weight excluding hydrogens is 311 g/mol. The smallest absolute Gasteiger partial charge is 0.255 e. The van der Waals surface area contributed by atoms with E-state index in [9.17, 15) is 9.18 Å². The molecule has 0 saturated heterocycles. The van der Waals surface area contributed by atoms with Crippen LogP contribution >= 0.6 is 23.8 Å². The van der Waals surface area contributed by atoms with E-state index < -0.39 is 11.7 Å². The normalized spacial score (nSPS) is 10.2. The lowest BCUT2D eigenvalue weighted by molar-refractivity contribution is 0.102. The number of carbonyl (C=O) groups is 1. The van der Waals surface area contributed by atoms with Gasteiger partial charge in [0.05, 0.1) is 10.7 Å². The Labute approximate surface area is 131 Å². The van der Waals surface area contributed by atoms with Gasteiger partial charge in [0.1, 0.15) is 10.8 Å². The van der Waals surface area contributed by atoms with E-state index in [-0.39, 0.29) is 10.6 Å². The predicted molar refractivity (Wildman–Crippen MR) is 86.4 cm³/mol. The molecule has 3 N–H and O–H groups in total. The van der Waals surface area contributed by atoms with Crippen LogP contribution in [0.1, 0.15) is 21.5 Å². The third kappa shape index (κ3) is 3.56. The molecule has 0 atom stereocenters. The van der Waals surface area contributed by atoms with Gasteiger partial charge in [-0.25, -0.2) is 4.39 Å². The first-order valence-corrected chi connectivity index (χ1v) is 6.84. The molecule has 0 aliphatic rings. The first kappa shape index (κ1) is 15.4. The number of carbonyl (C=O) groups excluding carboxylic acids is 1. The van der Waals surface area contributed by atoms with E-state index in [1.165, 1.54) is 6.07 Å². The summed E-state index contributed by atoms with van der Waals surface area (Å²) < 4.78 is 13.5. The second-order valence-electron chi connectivity index (χ2n) is 4.48. The summed E-state index contributed by atoms with van der Waals surface area (Å²) in [5, 5.41) is 2.92. The molecule has 6 heteroatoms. The maximum atomic E-state index is 13.5. The Bertz CT molecular complexity index is 734. The summed E-state index contributed by atoms with van der Waals surface area (Å²) in [6.45, 7) is 1.63. The summed E-state index contributed by atoms with van der Waals surface area (Å²) in [6, 6.07) is 9.09. The molecule has 108 valence electrons. The van der Waals surface area contributed by atoms with E-state index in [4.69, 9.17) is 29.6 Å². The zero-order valence-electron chi connectivity index (χ0n) is 11.1. The number of nitrogens with two attached hydrogens (primary N) is 1. The number of hydrogen-bond donors (Lipinski definition) is 2. The summed E-state index contributed by atoms with van der Waals surface area (Å²) in [5.41, 5.74) is 7.20. The Kier molecular flexibility index (Phi) is 4.55. The summed E-state index contributed by atoms with van der Waals surface area (Å²) >= 11 is 10.9. The van der Waals surface area contributed by atoms with Gasteiger partial charge in [0, 0.05) is 11.1 Å². The molecule has 0 unspecified atom stereocenters. The predicted octanol–water partition coefficient (Wildman–Crippen LogP) is 3.67. The number of anilines is 1. The lowest BCUT2D eigenvalue weighted by atomic mass is 10.1. The lowest BCUT2D eigenvalue weighted by Crippen LogP contribution is -2.14. The van der Waals surface area contributed by atoms with Crippen molar-refractivity contribution in [1.29, 1.82) is 0 Å². The van der Waals surface area contributed by atoms with Gasteiger partial charge in [0.25, 0.3) is 5.91 Å². The highest BCUT2D eigenvalue weighted by Gasteiger charge is 2.11. The minimum atomic E-state index is -0.445. The molecule has 0 aliphatic carbocycles. The van der Waals surface area contributed by atoms with Crippen molar-refractivity contribution in [3.8, 4) is 0 Å². The van der Waals surface area contributed by atoms with Gasteiger partial charge >= 0.3 is 0 Å². The van der Waals surface area contributed by atoms with Gasteiger partial charge in [0.15, 0.2) is 0 Å². The SMILES string of the molecule is Cc1ccc(C(=O)Nc2ccc(C(N)=S)cc2Cl)cc1F. The standard InChI is InChI=1S/C15H12ClFN2OS/c1-8-2-3-10(7-12(8)17)15(20)19-13-5-4-9(14(18)21)6-11(13)16/h2-7H,1H3,(H2,18,21)(H,19,20). The van der Waals surface area contributed by atoms with Crippen molar-refractivity contribution in [2.75, 3.05) is 5.32 Å². The van der Waals surface area contributed by atoms with Gasteiger partial charge in [-0.1, -0.05) is 29.9 Å². The average molecular weight is 323 g/mol. The van der Waals surface area contributed by atoms with Crippen molar-refractivity contribution in [2.24, 2.45) is 5.73 Å². The lowest BCUT2D eigenvalue weighted by Gasteiger charge is -2.09. The second kappa shape index (κ2) is 6.20. The van der Waals surface area contributed by atoms with Crippen LogP contribution in [0.3, 0.4) is 0 Å². The maximum absolute atomic E-state index is 13.5. The molecule has 0 aromatic heterocycles. The van der Waals surface area contributed by atoms with Crippen LogP contribution in [0.15, 0.2) is 36.4 Å². The molecule has 0 saturated carbocycles. The van der Waals surface area contributed by atoms with Gasteiger partial charge < -0.3 is 11.1 Å². The number of aryl methyl sites for hydroxylation is 1. The van der Waals surface area contributed by atoms with Crippen molar-refractivity contribution < 1.29 is 9.18 Å². The molecule has 0 radical (unpaired) electrons. The first-order chi connectivity index (χ1) is 9.88. The van der Waals surface area contributed by atoms with Crippen LogP contribution in [0.5, 0.6) is 0 Å². The Morgan fingerprint density at radius 3 is 2.48 bits per heavy atom. The van der Waals surface area contributed by atoms with Crippen LogP contribution in [-0.2, 0) is 0 Å². The minimum Gasteiger partial charge on any atom is -0.389 e. The van der Waals surface area contributed by atoms with Gasteiger partial charge in [-0.15, -0.1) is 0 Å². The molecule has 2 aromatic rings. The van der Waals surface area contributed by atoms with E-state index in [1.54, 1.807) is 37.3 Å². The van der Waals surface area contributed by atoms with Gasteiger partial charge in [-0.05, 0) is 42.8 Å². The zero-order chi connectivity index (χ0) is 15.6. The van der Waals surface area contributed by atoms with Gasteiger partial charge in [-0.3, -0.25) is 4.79 Å². The fraction of sp³-hybridized carbons (Fsp3) is 0.0667. The molecule has 0 heterocycles. The van der Waals surface area contributed by atoms with Crippen LogP contribution in [0.2, 0.25) is 5.02 Å². The van der Waals surface area contributed by atoms with Crippen LogP contribution in [0.4, 0.5) is 10.1 Å². The van der Waals surface area contributed by atoms with Crippen molar-refractivity contribution in [3.05, 3.63) is 63.9 Å². The number of nitrogens with one attached hydrogen (secondary N) is 1. The van der Waals surface area contributed by atoms with Crippen LogP contribution in [-0.4, -0.2) is 10.9 Å². The topological polar surface area (TPSA) is 55.1 Å². The quantitative estimate of drug-likeness (QED) is 0.848. The largest absolute Gasteiger partial charge is 0.389 e. The van der Waals surface area contributed by atoms with E-state index in [1.807, 2.05) is 0 Å². The Morgan fingerprint density at radius 2 is 1.90 bits per heavy atom. The summed E-state index contributed by atoms with van der Waals surface area (Å²) in [7, 11) is 0. The number of thiocarbonyl (C=S) groups is 1. The molecule has 1 amide bonds. The Morgan fingerprint density at radius 1 is 1.24 bits per heavy atom. The second-order valence-corrected chi connectivity index (χ2v) is 5.32. The van der Waals surface area contributed by atoms with Crippen molar-refractivity contribution in [1.82, 2.24) is 0 Å². The fourth-order valence-corrected chi connectivity index (χ4v) is 2.05. The zero-order valence-corrected chi connectivity index (χ0v) is 12.7. The van der Waals surface area contributed by atoms with Crippen molar-refractivity contribution >= 4 is 40.4 Å². The molecule has 2 rings (SSSR count). The third-order valence-electron chi connectivity index (χ3n) is 2.94. The summed E-state index contributed by atoms with van der Waals surface area (Å²) in [4.78, 5) is 12.3. The van der Waals surface area contributed by atoms with Crippen LogP contribution in [0, 0.1) is 12.7 Å². The Hall–Kier alpha value is -1.98. The highest BCUT2D eigenvalue weighted by atomic mass is 35.5. The molecule has 0 fully saturated rings. The molecule has 0 aliphatic heterocycles. The highest BCUT2D eigenvalue weighted by Crippen LogP contribution is 2.24. The van der Waals surface area contributed by atoms with Gasteiger partial charge in [0.2, 0.25) is 0 Å². The minimum absolute atomic E-state index is 0.215. The Balaban J connectivity index is 2.23. The number of rotatable bonds is 3. The number of amides is 1. The number of halogens is 2. The fourth-order valence-electron chi connectivity index (χ4n) is 1.70. The van der Waals surface area contributed by atoms with Gasteiger partial charge in [-0.2, -0.15) is 0 Å². The maximum Gasteiger partial charge on any atom is 0.255 e. The summed E-state index contributed by atoms with van der Waals surface area (Å²) in [6.07, 6.45) is 0. The molecular formula is C15H12ClFN2OS. The van der Waals surface area contributed by atoms with E-state index in [0.29, 0.717) is 21.8 Å². The molecule has 2 aromatic carbocycles. The highest BCUT2D eigenvalue weighted by molar-refractivity contribution is 7.80. The monoisotopic (exact) mass is 322 g/mol. The average Bonchev–Trinajstić information content (AvgIpc) is 2.43. The van der Waals surface area contributed by atoms with Crippen molar-refractivity contribution in [2.45, 2.75) is 6.92 Å². The van der Waals surface area contributed by atoms with E-state index in [0.717, 1.165) is 0 Å². The molecule has 0 spiro atoms. The molecule has 21 heavy (non-hydrogen) atoms. The third-order valence-corrected chi connectivity index (χ3v) is 3.48. The molecule has 3 nitrogen and oxygen atoms in total. The van der Waals surface area contributed by atoms with Crippen molar-refractivity contribution in [3.63, 3.8) is 0 Å². The number of hydrogen-bond acceptors (Lipinski definition) is 2. The van der Waals surface area contributed by atoms with E-state index >= 15 is 0 Å². The first-order valence-electron chi connectivity index (χ1n) is 6.05. The molecule has 0 bridgehead atoms. The van der Waals surface area contributed by atoms with Crippen LogP contribution < -0.4 is 11.1 Å². The van der Waals surface area contributed by atoms with E-state index in [2.05, 4.69) is 5.32 Å².